The Kier molecular flexibility index (Phi) is 16.6. The number of alkyl carbamates (subject to hydrolysis) is 1. The number of hydrogen-bond acceptors (Lipinski definition) is 14. The van der Waals surface area contributed by atoms with Gasteiger partial charge in [0, 0.05) is 13.1 Å². The molecule has 2 aliphatic heterocycles. The lowest BCUT2D eigenvalue weighted by Gasteiger charge is -2.31. The van der Waals surface area contributed by atoms with E-state index in [0.29, 0.717) is 24.3 Å². The van der Waals surface area contributed by atoms with Gasteiger partial charge in [0.15, 0.2) is 12.4 Å². The topological polar surface area (TPSA) is 195 Å². The van der Waals surface area contributed by atoms with Crippen LogP contribution in [0.1, 0.15) is 46.1 Å². The Bertz CT molecular complexity index is 1950. The van der Waals surface area contributed by atoms with Gasteiger partial charge < -0.3 is 43.4 Å². The number of fused-ring (bicyclic) bond motifs is 1. The smallest absolute Gasteiger partial charge is 0.417 e. The van der Waals surface area contributed by atoms with E-state index in [-0.39, 0.29) is 67.4 Å². The molecule has 5 rings (SSSR count). The number of amides is 1. The molecule has 2 N–H and O–H groups in total. The third-order valence-corrected chi connectivity index (χ3v) is 13.0. The standard InChI is InChI=1S/C41H55N2O14PS/c1-6-37(39(45)51-7-2)57-58(47,56-32-11-9-8-10-12-32)27-54-31-15-13-29(14-16-31)23-35(42-41(46)55-38-26-53-40-34(38)21-22-52-40)36(44)25-43(24-28(3)4)59(48,49)33-19-17-30(50-5)18-20-33/h8-20,28,34-38,40,44H,6-7,21-27H2,1-5H3,(H,42,46)/t34-,35-,36+,37-,38-,40+,58?/m0/s1. The molecule has 2 heterocycles. The SMILES string of the molecule is CCOC(=O)[C@H](CC)OP(=O)(COc1ccc(C[C@H](NC(=O)O[C@H]2CO[C@H]3OCC[C@H]32)[C@H](O)CN(CC(C)C)S(=O)(=O)c2ccc(OC)cc2)cc1)Oc1ccccc1. The van der Waals surface area contributed by atoms with E-state index in [9.17, 15) is 27.7 Å². The molecule has 2 aliphatic rings. The summed E-state index contributed by atoms with van der Waals surface area (Å²) < 4.78 is 87.7. The van der Waals surface area contributed by atoms with Gasteiger partial charge in [-0.1, -0.05) is 51.1 Å². The van der Waals surface area contributed by atoms with Crippen LogP contribution in [0.4, 0.5) is 4.79 Å². The van der Waals surface area contributed by atoms with Crippen molar-refractivity contribution in [2.24, 2.45) is 11.8 Å². The van der Waals surface area contributed by atoms with Crippen molar-refractivity contribution in [2.75, 3.05) is 46.4 Å². The Morgan fingerprint density at radius 2 is 1.64 bits per heavy atom. The number of carbonyl (C=O) groups is 2. The molecular weight excluding hydrogens is 807 g/mol. The molecule has 2 saturated heterocycles. The van der Waals surface area contributed by atoms with Gasteiger partial charge in [-0.15, -0.1) is 0 Å². The highest BCUT2D eigenvalue weighted by atomic mass is 32.2. The molecule has 16 nitrogen and oxygen atoms in total. The molecule has 0 aromatic heterocycles. The van der Waals surface area contributed by atoms with Gasteiger partial charge in [-0.05, 0) is 86.2 Å². The minimum atomic E-state index is -4.10. The lowest BCUT2D eigenvalue weighted by atomic mass is 10.0. The van der Waals surface area contributed by atoms with Crippen LogP contribution >= 0.6 is 7.60 Å². The highest BCUT2D eigenvalue weighted by Gasteiger charge is 2.44. The van der Waals surface area contributed by atoms with Crippen molar-refractivity contribution < 1.29 is 65.1 Å². The fraction of sp³-hybridized carbons (Fsp3) is 0.512. The van der Waals surface area contributed by atoms with Crippen molar-refractivity contribution in [3.05, 3.63) is 84.4 Å². The summed E-state index contributed by atoms with van der Waals surface area (Å²) in [5.74, 6) is 0.133. The van der Waals surface area contributed by atoms with E-state index >= 15 is 0 Å². The number of benzene rings is 3. The Hall–Kier alpha value is -4.22. The molecule has 1 amide bonds. The van der Waals surface area contributed by atoms with Crippen molar-refractivity contribution in [2.45, 2.75) is 82.5 Å². The maximum absolute atomic E-state index is 14.0. The second-order valence-electron chi connectivity index (χ2n) is 14.6. The van der Waals surface area contributed by atoms with Crippen LogP contribution in [-0.4, -0.2) is 107 Å². The molecule has 3 aromatic rings. The predicted molar refractivity (Wildman–Crippen MR) is 216 cm³/mol. The highest BCUT2D eigenvalue weighted by molar-refractivity contribution is 7.89. The lowest BCUT2D eigenvalue weighted by Crippen LogP contribution is -2.51. The maximum Gasteiger partial charge on any atom is 0.417 e. The van der Waals surface area contributed by atoms with Gasteiger partial charge in [0.25, 0.3) is 0 Å². The summed E-state index contributed by atoms with van der Waals surface area (Å²) in [5.41, 5.74) is 0.636. The molecular formula is C41H55N2O14PS. The first-order valence-corrected chi connectivity index (χ1v) is 22.8. The molecule has 0 bridgehead atoms. The molecule has 59 heavy (non-hydrogen) atoms. The first-order valence-electron chi connectivity index (χ1n) is 19.7. The van der Waals surface area contributed by atoms with E-state index < -0.39 is 66.7 Å². The van der Waals surface area contributed by atoms with Gasteiger partial charge in [-0.25, -0.2) is 22.6 Å². The van der Waals surface area contributed by atoms with Crippen LogP contribution in [0.2, 0.25) is 0 Å². The van der Waals surface area contributed by atoms with Crippen molar-refractivity contribution in [3.8, 4) is 17.2 Å². The third-order valence-electron chi connectivity index (χ3n) is 9.63. The average Bonchev–Trinajstić information content (AvgIpc) is 3.85. The van der Waals surface area contributed by atoms with Crippen molar-refractivity contribution >= 4 is 29.7 Å². The summed E-state index contributed by atoms with van der Waals surface area (Å²) in [6.45, 7) is 7.60. The van der Waals surface area contributed by atoms with E-state index in [4.69, 9.17) is 37.5 Å². The second-order valence-corrected chi connectivity index (χ2v) is 18.4. The molecule has 324 valence electrons. The number of aliphatic hydroxyl groups is 1. The van der Waals surface area contributed by atoms with Gasteiger partial charge in [-0.3, -0.25) is 4.52 Å². The van der Waals surface area contributed by atoms with Crippen molar-refractivity contribution in [3.63, 3.8) is 0 Å². The Morgan fingerprint density at radius 1 is 0.949 bits per heavy atom. The first-order chi connectivity index (χ1) is 28.2. The number of nitrogens with one attached hydrogen (secondary N) is 1. The van der Waals surface area contributed by atoms with Gasteiger partial charge in [0.1, 0.15) is 23.4 Å². The second kappa shape index (κ2) is 21.3. The number of hydrogen-bond donors (Lipinski definition) is 2. The van der Waals surface area contributed by atoms with Crippen LogP contribution in [0.5, 0.6) is 17.2 Å². The van der Waals surface area contributed by atoms with Gasteiger partial charge in [0.05, 0.1) is 49.9 Å². The maximum atomic E-state index is 14.0. The quantitative estimate of drug-likeness (QED) is 0.0913. The number of methoxy groups -OCH3 is 1. The van der Waals surface area contributed by atoms with Crippen LogP contribution in [0.3, 0.4) is 0 Å². The molecule has 18 heteroatoms. The van der Waals surface area contributed by atoms with Crippen LogP contribution in [-0.2, 0) is 49.3 Å². The molecule has 7 atom stereocenters. The normalized spacial score (nSPS) is 20.2. The van der Waals surface area contributed by atoms with Crippen LogP contribution in [0.15, 0.2) is 83.8 Å². The molecule has 0 saturated carbocycles. The molecule has 0 radical (unpaired) electrons. The largest absolute Gasteiger partial charge is 0.497 e. The minimum Gasteiger partial charge on any atom is -0.497 e. The Morgan fingerprint density at radius 3 is 2.29 bits per heavy atom. The fourth-order valence-electron chi connectivity index (χ4n) is 6.63. The van der Waals surface area contributed by atoms with Crippen LogP contribution < -0.4 is 19.3 Å². The molecule has 1 unspecified atom stereocenters. The third kappa shape index (κ3) is 12.9. The molecule has 0 spiro atoms. The average molecular weight is 863 g/mol. The zero-order valence-corrected chi connectivity index (χ0v) is 35.7. The molecule has 2 fully saturated rings. The predicted octanol–water partition coefficient (Wildman–Crippen LogP) is 5.77. The van der Waals surface area contributed by atoms with E-state index in [1.807, 2.05) is 13.8 Å². The summed E-state index contributed by atoms with van der Waals surface area (Å²) in [6.07, 6.45) is -3.99. The van der Waals surface area contributed by atoms with Crippen LogP contribution in [0, 0.1) is 11.8 Å². The monoisotopic (exact) mass is 862 g/mol. The zero-order valence-electron chi connectivity index (χ0n) is 34.0. The number of rotatable bonds is 22. The first kappa shape index (κ1) is 45.9. The number of esters is 1. The van der Waals surface area contributed by atoms with E-state index in [1.165, 1.54) is 23.5 Å². The number of ether oxygens (including phenoxy) is 6. The van der Waals surface area contributed by atoms with Crippen molar-refractivity contribution in [1.29, 1.82) is 0 Å². The number of sulfonamides is 1. The molecule has 0 aliphatic carbocycles. The summed E-state index contributed by atoms with van der Waals surface area (Å²) >= 11 is 0. The lowest BCUT2D eigenvalue weighted by molar-refractivity contribution is -0.151. The van der Waals surface area contributed by atoms with Gasteiger partial charge in [0.2, 0.25) is 16.4 Å². The number of carbonyl (C=O) groups excluding carboxylic acids is 2. The van der Waals surface area contributed by atoms with Crippen molar-refractivity contribution in [1.82, 2.24) is 9.62 Å². The van der Waals surface area contributed by atoms with E-state index in [2.05, 4.69) is 5.32 Å². The molecule has 3 aromatic carbocycles. The van der Waals surface area contributed by atoms with Gasteiger partial charge in [-0.2, -0.15) is 4.31 Å². The number of aliphatic hydroxyl groups excluding tert-OH is 1. The van der Waals surface area contributed by atoms with Crippen LogP contribution in [0.25, 0.3) is 0 Å². The van der Waals surface area contributed by atoms with Gasteiger partial charge >= 0.3 is 19.7 Å². The summed E-state index contributed by atoms with van der Waals surface area (Å²) in [5, 5.41) is 14.5. The fourth-order valence-corrected chi connectivity index (χ4v) is 9.78. The Labute approximate surface area is 345 Å². The number of nitrogens with zero attached hydrogens (tertiary/aromatic N) is 1. The number of para-hydroxylation sites is 1. The highest BCUT2D eigenvalue weighted by Crippen LogP contribution is 2.50. The summed E-state index contributed by atoms with van der Waals surface area (Å²) in [6, 6.07) is 19.9. The summed E-state index contributed by atoms with van der Waals surface area (Å²) in [4.78, 5) is 25.9. The van der Waals surface area contributed by atoms with E-state index in [1.54, 1.807) is 80.6 Å². The Balaban J connectivity index is 1.33. The van der Waals surface area contributed by atoms with E-state index in [0.717, 1.165) is 0 Å². The summed E-state index contributed by atoms with van der Waals surface area (Å²) in [7, 11) is -6.70. The minimum absolute atomic E-state index is 0.0236. The zero-order chi connectivity index (χ0) is 42.6.